The lowest BCUT2D eigenvalue weighted by molar-refractivity contribution is -0.384. The van der Waals surface area contributed by atoms with Crippen LogP contribution in [0.15, 0.2) is 71.5 Å². The summed E-state index contributed by atoms with van der Waals surface area (Å²) in [4.78, 5) is 40.4. The van der Waals surface area contributed by atoms with Gasteiger partial charge in [-0.3, -0.25) is 19.5 Å². The number of anilines is 1. The molecule has 1 aromatic heterocycles. The average Bonchev–Trinajstić information content (AvgIpc) is 2.80. The number of rotatable bonds is 5. The van der Waals surface area contributed by atoms with E-state index < -0.39 is 16.8 Å². The van der Waals surface area contributed by atoms with E-state index in [0.29, 0.717) is 16.6 Å². The molecule has 0 saturated carbocycles. The number of nitro groups is 1. The van der Waals surface area contributed by atoms with Crippen molar-refractivity contribution in [3.63, 3.8) is 0 Å². The Hall–Kier alpha value is -4.31. The van der Waals surface area contributed by atoms with Crippen molar-refractivity contribution < 1.29 is 14.1 Å². The van der Waals surface area contributed by atoms with Gasteiger partial charge in [0.2, 0.25) is 0 Å². The van der Waals surface area contributed by atoms with Gasteiger partial charge in [-0.1, -0.05) is 23.7 Å². The summed E-state index contributed by atoms with van der Waals surface area (Å²) in [5, 5.41) is 16.4. The number of para-hydroxylation sites is 1. The van der Waals surface area contributed by atoms with E-state index in [1.807, 2.05) is 0 Å². The lowest BCUT2D eigenvalue weighted by atomic mass is 10.2. The van der Waals surface area contributed by atoms with Gasteiger partial charge in [0.05, 0.1) is 28.1 Å². The third kappa shape index (κ3) is 4.65. The zero-order valence-electron chi connectivity index (χ0n) is 16.8. The molecule has 0 spiro atoms. The second-order valence-electron chi connectivity index (χ2n) is 6.89. The highest BCUT2D eigenvalue weighted by molar-refractivity contribution is 6.32. The summed E-state index contributed by atoms with van der Waals surface area (Å²) in [6.07, 6.45) is 0. The van der Waals surface area contributed by atoms with Gasteiger partial charge in [-0.05, 0) is 48.5 Å². The van der Waals surface area contributed by atoms with Crippen LogP contribution in [0, 0.1) is 15.9 Å². The SMILES string of the molecule is O=C(NCc1nc2ccccc2c(=O)n1-c1ccc(F)cc1)Nc1ccc(Cl)c([N+](=O)[O-])c1. The molecule has 1 heterocycles. The first kappa shape index (κ1) is 21.9. The first-order valence-electron chi connectivity index (χ1n) is 9.59. The van der Waals surface area contributed by atoms with Gasteiger partial charge in [-0.25, -0.2) is 14.2 Å². The Balaban J connectivity index is 1.63. The highest BCUT2D eigenvalue weighted by atomic mass is 35.5. The molecule has 4 rings (SSSR count). The van der Waals surface area contributed by atoms with Gasteiger partial charge >= 0.3 is 6.03 Å². The molecule has 166 valence electrons. The predicted molar refractivity (Wildman–Crippen MR) is 121 cm³/mol. The second-order valence-corrected chi connectivity index (χ2v) is 7.30. The molecule has 0 aliphatic heterocycles. The number of urea groups is 1. The third-order valence-electron chi connectivity index (χ3n) is 4.74. The average molecular weight is 468 g/mol. The van der Waals surface area contributed by atoms with Gasteiger partial charge in [-0.2, -0.15) is 0 Å². The molecule has 2 amide bonds. The number of amides is 2. The summed E-state index contributed by atoms with van der Waals surface area (Å²) >= 11 is 5.78. The molecular formula is C22H15ClFN5O4. The molecule has 0 bridgehead atoms. The van der Waals surface area contributed by atoms with Crippen molar-refractivity contribution in [3.05, 3.63) is 104 Å². The van der Waals surface area contributed by atoms with Gasteiger partial charge in [0, 0.05) is 11.8 Å². The molecule has 2 N–H and O–H groups in total. The maximum absolute atomic E-state index is 13.4. The van der Waals surface area contributed by atoms with Gasteiger partial charge in [-0.15, -0.1) is 0 Å². The van der Waals surface area contributed by atoms with Gasteiger partial charge in [0.25, 0.3) is 11.2 Å². The zero-order chi connectivity index (χ0) is 23.5. The van der Waals surface area contributed by atoms with Gasteiger partial charge < -0.3 is 10.6 Å². The Bertz CT molecular complexity index is 1440. The molecule has 11 heteroatoms. The number of carbonyl (C=O) groups excluding carboxylic acids is 1. The zero-order valence-corrected chi connectivity index (χ0v) is 17.5. The third-order valence-corrected chi connectivity index (χ3v) is 5.06. The van der Waals surface area contributed by atoms with Crippen LogP contribution in [0.5, 0.6) is 0 Å². The molecule has 0 radical (unpaired) electrons. The maximum Gasteiger partial charge on any atom is 0.319 e. The number of hydrogen-bond donors (Lipinski definition) is 2. The number of nitrogens with zero attached hydrogens (tertiary/aromatic N) is 3. The van der Waals surface area contributed by atoms with E-state index in [2.05, 4.69) is 15.6 Å². The standard InChI is InChI=1S/C22H15ClFN5O4/c23-17-10-7-14(11-19(17)29(32)33)26-22(31)25-12-20-27-18-4-2-1-3-16(18)21(30)28(20)15-8-5-13(24)6-9-15/h1-11H,12H2,(H2,25,26,31). The fourth-order valence-electron chi connectivity index (χ4n) is 3.22. The maximum atomic E-state index is 13.4. The number of nitrogens with one attached hydrogen (secondary N) is 2. The van der Waals surface area contributed by atoms with Gasteiger partial charge in [0.1, 0.15) is 16.7 Å². The van der Waals surface area contributed by atoms with Gasteiger partial charge in [0.15, 0.2) is 0 Å². The van der Waals surface area contributed by atoms with Crippen LogP contribution >= 0.6 is 11.6 Å². The van der Waals surface area contributed by atoms with Crippen LogP contribution in [-0.4, -0.2) is 20.5 Å². The second kappa shape index (κ2) is 9.05. The van der Waals surface area contributed by atoms with Crippen molar-refractivity contribution in [2.75, 3.05) is 5.32 Å². The molecular weight excluding hydrogens is 453 g/mol. The minimum absolute atomic E-state index is 0.0605. The molecule has 0 aliphatic carbocycles. The Morgan fingerprint density at radius 1 is 1.12 bits per heavy atom. The predicted octanol–water partition coefficient (Wildman–Crippen LogP) is 4.41. The Morgan fingerprint density at radius 2 is 1.85 bits per heavy atom. The fourth-order valence-corrected chi connectivity index (χ4v) is 3.41. The highest BCUT2D eigenvalue weighted by Gasteiger charge is 2.16. The molecule has 0 unspecified atom stereocenters. The first-order valence-corrected chi connectivity index (χ1v) is 9.96. The van der Waals surface area contributed by atoms with Crippen LogP contribution in [0.2, 0.25) is 5.02 Å². The number of carbonyl (C=O) groups is 1. The highest BCUT2D eigenvalue weighted by Crippen LogP contribution is 2.27. The fraction of sp³-hybridized carbons (Fsp3) is 0.0455. The lowest BCUT2D eigenvalue weighted by Crippen LogP contribution is -2.32. The van der Waals surface area contributed by atoms with E-state index in [4.69, 9.17) is 11.6 Å². The lowest BCUT2D eigenvalue weighted by Gasteiger charge is -2.14. The normalized spacial score (nSPS) is 10.7. The monoisotopic (exact) mass is 467 g/mol. The van der Waals surface area contributed by atoms with E-state index in [0.717, 1.165) is 6.07 Å². The molecule has 4 aromatic rings. The molecule has 9 nitrogen and oxygen atoms in total. The van der Waals surface area contributed by atoms with Crippen LogP contribution in [0.25, 0.3) is 16.6 Å². The van der Waals surface area contributed by atoms with Crippen molar-refractivity contribution in [3.8, 4) is 5.69 Å². The van der Waals surface area contributed by atoms with Crippen molar-refractivity contribution in [2.45, 2.75) is 6.54 Å². The van der Waals surface area contributed by atoms with Crippen molar-refractivity contribution >= 4 is 39.9 Å². The summed E-state index contributed by atoms with van der Waals surface area (Å²) < 4.78 is 14.7. The molecule has 0 aliphatic rings. The smallest absolute Gasteiger partial charge is 0.319 e. The molecule has 33 heavy (non-hydrogen) atoms. The van der Waals surface area contributed by atoms with Crippen LogP contribution in [0.1, 0.15) is 5.82 Å². The molecule has 0 saturated heterocycles. The van der Waals surface area contributed by atoms with Crippen molar-refractivity contribution in [1.29, 1.82) is 0 Å². The minimum atomic E-state index is -0.681. The number of nitro benzene ring substituents is 1. The number of hydrogen-bond acceptors (Lipinski definition) is 5. The molecule has 3 aromatic carbocycles. The van der Waals surface area contributed by atoms with E-state index >= 15 is 0 Å². The van der Waals surface area contributed by atoms with Crippen LogP contribution in [0.4, 0.5) is 20.6 Å². The summed E-state index contributed by atoms with van der Waals surface area (Å²) in [7, 11) is 0. The topological polar surface area (TPSA) is 119 Å². The van der Waals surface area contributed by atoms with Crippen LogP contribution in [0.3, 0.4) is 0 Å². The number of halogens is 2. The number of aromatic nitrogens is 2. The van der Waals surface area contributed by atoms with E-state index in [1.165, 1.54) is 41.0 Å². The van der Waals surface area contributed by atoms with Crippen LogP contribution in [-0.2, 0) is 6.54 Å². The summed E-state index contributed by atoms with van der Waals surface area (Å²) in [6.45, 7) is -0.154. The minimum Gasteiger partial charge on any atom is -0.331 e. The summed E-state index contributed by atoms with van der Waals surface area (Å²) in [5.41, 5.74) is 0.246. The largest absolute Gasteiger partial charge is 0.331 e. The first-order chi connectivity index (χ1) is 15.8. The van der Waals surface area contributed by atoms with Crippen molar-refractivity contribution in [2.24, 2.45) is 0 Å². The summed E-state index contributed by atoms with van der Waals surface area (Å²) in [5.74, 6) is -0.251. The van der Waals surface area contributed by atoms with E-state index in [9.17, 15) is 24.1 Å². The molecule has 0 atom stereocenters. The Morgan fingerprint density at radius 3 is 2.58 bits per heavy atom. The van der Waals surface area contributed by atoms with E-state index in [1.54, 1.807) is 24.3 Å². The quantitative estimate of drug-likeness (QED) is 0.333. The number of fused-ring (bicyclic) bond motifs is 1. The number of benzene rings is 3. The Labute approximate surface area is 190 Å². The van der Waals surface area contributed by atoms with Crippen molar-refractivity contribution in [1.82, 2.24) is 14.9 Å². The summed E-state index contributed by atoms with van der Waals surface area (Å²) in [6, 6.07) is 15.2. The van der Waals surface area contributed by atoms with E-state index in [-0.39, 0.29) is 34.3 Å². The van der Waals surface area contributed by atoms with Crippen LogP contribution < -0.4 is 16.2 Å². The Kier molecular flexibility index (Phi) is 6.01. The molecule has 0 fully saturated rings.